The van der Waals surface area contributed by atoms with Crippen LogP contribution in [0.15, 0.2) is 53.4 Å². The number of nitrogens with zero attached hydrogens (tertiary/aromatic N) is 3. The number of aromatic nitrogens is 2. The molecule has 1 aromatic heterocycles. The summed E-state index contributed by atoms with van der Waals surface area (Å²) in [5.74, 6) is 1.54. The van der Waals surface area contributed by atoms with Gasteiger partial charge in [0.25, 0.3) is 6.47 Å². The SMILES string of the molecule is COCN(Sc1cccc(C)c1)c1nc(OCC(N)CC(C)C)cc(-c2c(C)cccc2C)n1.O=CO. The molecule has 0 fully saturated rings. The molecule has 0 saturated carbocycles. The number of methoxy groups -OCH3 is 1. The molecule has 0 aliphatic heterocycles. The van der Waals surface area contributed by atoms with E-state index in [0.717, 1.165) is 33.7 Å². The van der Waals surface area contributed by atoms with Crippen molar-refractivity contribution in [3.8, 4) is 17.1 Å². The molecule has 0 spiro atoms. The van der Waals surface area contributed by atoms with Crippen molar-refractivity contribution in [2.24, 2.45) is 11.7 Å². The molecule has 3 rings (SSSR count). The first kappa shape index (κ1) is 30.1. The number of rotatable bonds is 11. The van der Waals surface area contributed by atoms with Crippen molar-refractivity contribution in [1.29, 1.82) is 0 Å². The van der Waals surface area contributed by atoms with Crippen LogP contribution in [-0.2, 0) is 9.53 Å². The molecule has 0 aliphatic rings. The zero-order valence-corrected chi connectivity index (χ0v) is 23.3. The lowest BCUT2D eigenvalue weighted by Gasteiger charge is -2.22. The Morgan fingerprint density at radius 2 is 1.73 bits per heavy atom. The molecule has 8 nitrogen and oxygen atoms in total. The highest BCUT2D eigenvalue weighted by Gasteiger charge is 2.18. The van der Waals surface area contributed by atoms with Gasteiger partial charge in [-0.15, -0.1) is 0 Å². The number of hydrogen-bond donors (Lipinski definition) is 2. The average Bonchev–Trinajstić information content (AvgIpc) is 2.82. The molecule has 3 N–H and O–H groups in total. The third kappa shape index (κ3) is 9.68. The van der Waals surface area contributed by atoms with E-state index >= 15 is 0 Å². The van der Waals surface area contributed by atoms with E-state index < -0.39 is 0 Å². The van der Waals surface area contributed by atoms with Gasteiger partial charge in [-0.25, -0.2) is 4.98 Å². The second-order valence-corrected chi connectivity index (χ2v) is 10.3. The van der Waals surface area contributed by atoms with E-state index in [9.17, 15) is 0 Å². The molecule has 1 heterocycles. The van der Waals surface area contributed by atoms with Crippen molar-refractivity contribution in [3.05, 3.63) is 65.2 Å². The second-order valence-electron chi connectivity index (χ2n) is 9.17. The molecular formula is C28H38N4O4S. The fourth-order valence-corrected chi connectivity index (χ4v) is 4.81. The summed E-state index contributed by atoms with van der Waals surface area (Å²) in [7, 11) is 1.67. The van der Waals surface area contributed by atoms with Crippen molar-refractivity contribution < 1.29 is 19.4 Å². The standard InChI is InChI=1S/C27H36N4O2S.CH2O2/c1-18(2)13-22(28)16-33-25-15-24(26-20(4)10-8-11-21(26)5)29-27(30-25)31(17-32-6)34-23-12-7-9-19(3)14-23;2-1-3/h7-12,14-15,18,22H,13,16-17,28H2,1-6H3;1H,(H,2,3). The second kappa shape index (κ2) is 15.2. The largest absolute Gasteiger partial charge is 0.483 e. The number of anilines is 1. The molecule has 3 aromatic rings. The Hall–Kier alpha value is -3.14. The minimum atomic E-state index is -0.250. The van der Waals surface area contributed by atoms with Crippen molar-refractivity contribution in [1.82, 2.24) is 9.97 Å². The maximum absolute atomic E-state index is 8.36. The van der Waals surface area contributed by atoms with Crippen molar-refractivity contribution in [3.63, 3.8) is 0 Å². The van der Waals surface area contributed by atoms with E-state index in [4.69, 9.17) is 35.1 Å². The van der Waals surface area contributed by atoms with Crippen LogP contribution >= 0.6 is 11.9 Å². The maximum Gasteiger partial charge on any atom is 0.290 e. The van der Waals surface area contributed by atoms with E-state index in [1.165, 1.54) is 17.5 Å². The zero-order valence-electron chi connectivity index (χ0n) is 22.5. The molecule has 1 unspecified atom stereocenters. The van der Waals surface area contributed by atoms with Crippen LogP contribution < -0.4 is 14.8 Å². The summed E-state index contributed by atoms with van der Waals surface area (Å²) in [6, 6.07) is 16.4. The summed E-state index contributed by atoms with van der Waals surface area (Å²) < 4.78 is 13.5. The lowest BCUT2D eigenvalue weighted by atomic mass is 10.00. The normalized spacial score (nSPS) is 11.5. The number of ether oxygens (including phenoxy) is 2. The summed E-state index contributed by atoms with van der Waals surface area (Å²) in [5.41, 5.74) is 11.7. The summed E-state index contributed by atoms with van der Waals surface area (Å²) in [5, 5.41) is 6.89. The van der Waals surface area contributed by atoms with Crippen molar-refractivity contribution >= 4 is 24.4 Å². The molecule has 0 amide bonds. The Balaban J connectivity index is 0.00000153. The third-order valence-electron chi connectivity index (χ3n) is 5.32. The van der Waals surface area contributed by atoms with Gasteiger partial charge in [0.15, 0.2) is 0 Å². The van der Waals surface area contributed by atoms with Crippen LogP contribution in [0.2, 0.25) is 0 Å². The van der Waals surface area contributed by atoms with Crippen LogP contribution in [0, 0.1) is 26.7 Å². The maximum atomic E-state index is 8.36. The fraction of sp³-hybridized carbons (Fsp3) is 0.393. The van der Waals surface area contributed by atoms with Crippen LogP contribution in [0.3, 0.4) is 0 Å². The molecule has 9 heteroatoms. The van der Waals surface area contributed by atoms with Gasteiger partial charge in [0.2, 0.25) is 11.8 Å². The molecule has 0 bridgehead atoms. The molecule has 2 aromatic carbocycles. The molecular weight excluding hydrogens is 488 g/mol. The van der Waals surface area contributed by atoms with Crippen LogP contribution in [0.4, 0.5) is 5.95 Å². The van der Waals surface area contributed by atoms with Gasteiger partial charge in [0.05, 0.1) is 5.69 Å². The summed E-state index contributed by atoms with van der Waals surface area (Å²) in [6.07, 6.45) is 0.890. The van der Waals surface area contributed by atoms with Crippen molar-refractivity contribution in [2.45, 2.75) is 52.0 Å². The Labute approximate surface area is 224 Å². The summed E-state index contributed by atoms with van der Waals surface area (Å²) in [4.78, 5) is 19.1. The van der Waals surface area contributed by atoms with Gasteiger partial charge in [-0.1, -0.05) is 44.2 Å². The first-order chi connectivity index (χ1) is 17.7. The number of aryl methyl sites for hydroxylation is 3. The van der Waals surface area contributed by atoms with Crippen LogP contribution in [0.25, 0.3) is 11.3 Å². The van der Waals surface area contributed by atoms with Gasteiger partial charge < -0.3 is 20.3 Å². The van der Waals surface area contributed by atoms with E-state index in [1.54, 1.807) is 7.11 Å². The fourth-order valence-electron chi connectivity index (χ4n) is 3.85. The van der Waals surface area contributed by atoms with Gasteiger partial charge in [-0.05, 0) is 73.9 Å². The lowest BCUT2D eigenvalue weighted by molar-refractivity contribution is -0.122. The van der Waals surface area contributed by atoms with E-state index in [0.29, 0.717) is 31.1 Å². The first-order valence-corrected chi connectivity index (χ1v) is 12.9. The van der Waals surface area contributed by atoms with Gasteiger partial charge in [-0.2, -0.15) is 4.98 Å². The predicted octanol–water partition coefficient (Wildman–Crippen LogP) is 5.64. The number of carboxylic acid groups (broad SMARTS) is 1. The number of carbonyl (C=O) groups is 1. The molecule has 37 heavy (non-hydrogen) atoms. The first-order valence-electron chi connectivity index (χ1n) is 12.1. The van der Waals surface area contributed by atoms with Crippen molar-refractivity contribution in [2.75, 3.05) is 24.8 Å². The van der Waals surface area contributed by atoms with Crippen LogP contribution in [0.1, 0.15) is 37.0 Å². The summed E-state index contributed by atoms with van der Waals surface area (Å²) in [6.45, 7) is 11.1. The van der Waals surface area contributed by atoms with Gasteiger partial charge in [-0.3, -0.25) is 9.10 Å². The Kier molecular flexibility index (Phi) is 12.4. The number of nitrogens with two attached hydrogens (primary N) is 1. The van der Waals surface area contributed by atoms with Gasteiger partial charge >= 0.3 is 0 Å². The summed E-state index contributed by atoms with van der Waals surface area (Å²) >= 11 is 1.54. The Bertz CT molecular complexity index is 1120. The molecule has 1 atom stereocenters. The quantitative estimate of drug-likeness (QED) is 0.186. The Morgan fingerprint density at radius 3 is 2.32 bits per heavy atom. The van der Waals surface area contributed by atoms with E-state index in [-0.39, 0.29) is 12.5 Å². The van der Waals surface area contributed by atoms with Gasteiger partial charge in [0, 0.05) is 29.7 Å². The van der Waals surface area contributed by atoms with Gasteiger partial charge in [0.1, 0.15) is 13.3 Å². The highest BCUT2D eigenvalue weighted by Crippen LogP contribution is 2.33. The average molecular weight is 527 g/mol. The minimum absolute atomic E-state index is 0.0567. The van der Waals surface area contributed by atoms with Crippen LogP contribution in [-0.4, -0.2) is 48.0 Å². The molecule has 0 radical (unpaired) electrons. The number of benzene rings is 2. The molecule has 0 saturated heterocycles. The van der Waals surface area contributed by atoms with E-state index in [1.807, 2.05) is 16.4 Å². The lowest BCUT2D eigenvalue weighted by Crippen LogP contribution is -2.29. The van der Waals surface area contributed by atoms with E-state index in [2.05, 4.69) is 71.0 Å². The molecule has 0 aliphatic carbocycles. The predicted molar refractivity (Wildman–Crippen MR) is 150 cm³/mol. The van der Waals surface area contributed by atoms with Crippen LogP contribution in [0.5, 0.6) is 5.88 Å². The number of hydrogen-bond acceptors (Lipinski definition) is 8. The Morgan fingerprint density at radius 1 is 1.08 bits per heavy atom. The highest BCUT2D eigenvalue weighted by molar-refractivity contribution is 8.00. The topological polar surface area (TPSA) is 111 Å². The monoisotopic (exact) mass is 526 g/mol. The smallest absolute Gasteiger partial charge is 0.290 e. The molecule has 200 valence electrons. The minimum Gasteiger partial charge on any atom is -0.483 e. The zero-order chi connectivity index (χ0) is 27.4. The highest BCUT2D eigenvalue weighted by atomic mass is 32.2. The third-order valence-corrected chi connectivity index (χ3v) is 6.28.